The summed E-state index contributed by atoms with van der Waals surface area (Å²) < 4.78 is 11.0. The highest BCUT2D eigenvalue weighted by atomic mass is 16.5. The van der Waals surface area contributed by atoms with Gasteiger partial charge in [0.05, 0.1) is 18.7 Å². The molecule has 0 radical (unpaired) electrons. The van der Waals surface area contributed by atoms with Crippen LogP contribution >= 0.6 is 0 Å². The minimum absolute atomic E-state index is 0.106. The summed E-state index contributed by atoms with van der Waals surface area (Å²) in [7, 11) is 3.43. The maximum Gasteiger partial charge on any atom is 0.223 e. The Hall–Kier alpha value is -2.58. The van der Waals surface area contributed by atoms with Crippen LogP contribution in [0.25, 0.3) is 0 Å². The van der Waals surface area contributed by atoms with Crippen LogP contribution in [0.1, 0.15) is 24.1 Å². The van der Waals surface area contributed by atoms with E-state index in [1.807, 2.05) is 26.1 Å². The molecule has 1 aromatic carbocycles. The Kier molecular flexibility index (Phi) is 4.75. The highest BCUT2D eigenvalue weighted by molar-refractivity contribution is 5.45. The standard InChI is InChI=1S/C16H17N3O2/c1-11(18-2)15-5-4-6-19-16(15)21-14-8-12(10-17)7-13(9-14)20-3/h4-9,11,18H,1-3H3. The number of ether oxygens (including phenoxy) is 2. The molecule has 5 nitrogen and oxygen atoms in total. The van der Waals surface area contributed by atoms with E-state index in [1.54, 1.807) is 31.5 Å². The molecular formula is C16H17N3O2. The summed E-state index contributed by atoms with van der Waals surface area (Å²) in [6.45, 7) is 2.02. The molecule has 0 aliphatic carbocycles. The SMILES string of the molecule is CNC(C)c1cccnc1Oc1cc(C#N)cc(OC)c1. The van der Waals surface area contributed by atoms with Crippen molar-refractivity contribution in [3.05, 3.63) is 47.7 Å². The van der Waals surface area contributed by atoms with Crippen molar-refractivity contribution in [3.63, 3.8) is 0 Å². The lowest BCUT2D eigenvalue weighted by Gasteiger charge is -2.15. The third-order valence-corrected chi connectivity index (χ3v) is 3.16. The van der Waals surface area contributed by atoms with Crippen LogP contribution in [0, 0.1) is 11.3 Å². The molecule has 108 valence electrons. The Labute approximate surface area is 124 Å². The molecule has 1 N–H and O–H groups in total. The first kappa shape index (κ1) is 14.8. The van der Waals surface area contributed by atoms with Crippen LogP contribution in [0.5, 0.6) is 17.4 Å². The predicted molar refractivity (Wildman–Crippen MR) is 79.5 cm³/mol. The van der Waals surface area contributed by atoms with Gasteiger partial charge in [-0.2, -0.15) is 5.26 Å². The van der Waals surface area contributed by atoms with Gasteiger partial charge in [-0.1, -0.05) is 6.07 Å². The van der Waals surface area contributed by atoms with Gasteiger partial charge in [-0.05, 0) is 32.2 Å². The van der Waals surface area contributed by atoms with Crippen LogP contribution < -0.4 is 14.8 Å². The number of nitriles is 1. The molecule has 0 saturated heterocycles. The summed E-state index contributed by atoms with van der Waals surface area (Å²) in [4.78, 5) is 4.27. The second-order valence-electron chi connectivity index (χ2n) is 4.52. The van der Waals surface area contributed by atoms with Crippen molar-refractivity contribution < 1.29 is 9.47 Å². The maximum atomic E-state index is 9.04. The minimum Gasteiger partial charge on any atom is -0.497 e. The van der Waals surface area contributed by atoms with Crippen LogP contribution in [0.2, 0.25) is 0 Å². The van der Waals surface area contributed by atoms with Gasteiger partial charge in [-0.15, -0.1) is 0 Å². The first-order chi connectivity index (χ1) is 10.2. The normalized spacial score (nSPS) is 11.5. The van der Waals surface area contributed by atoms with E-state index < -0.39 is 0 Å². The molecule has 1 unspecified atom stereocenters. The molecule has 21 heavy (non-hydrogen) atoms. The van der Waals surface area contributed by atoms with E-state index >= 15 is 0 Å². The Balaban J connectivity index is 2.37. The molecule has 0 spiro atoms. The van der Waals surface area contributed by atoms with Gasteiger partial charge in [0.2, 0.25) is 5.88 Å². The van der Waals surface area contributed by atoms with Gasteiger partial charge in [0.25, 0.3) is 0 Å². The van der Waals surface area contributed by atoms with Gasteiger partial charge < -0.3 is 14.8 Å². The van der Waals surface area contributed by atoms with Crippen LogP contribution in [0.3, 0.4) is 0 Å². The van der Waals surface area contributed by atoms with Crippen molar-refractivity contribution >= 4 is 0 Å². The van der Waals surface area contributed by atoms with E-state index in [0.29, 0.717) is 22.9 Å². The molecule has 0 fully saturated rings. The Morgan fingerprint density at radius 3 is 2.71 bits per heavy atom. The largest absolute Gasteiger partial charge is 0.497 e. The number of hydrogen-bond acceptors (Lipinski definition) is 5. The van der Waals surface area contributed by atoms with E-state index in [0.717, 1.165) is 5.56 Å². The number of nitrogens with one attached hydrogen (secondary N) is 1. The fraction of sp³-hybridized carbons (Fsp3) is 0.250. The quantitative estimate of drug-likeness (QED) is 0.913. The van der Waals surface area contributed by atoms with Gasteiger partial charge in [-0.3, -0.25) is 0 Å². The monoisotopic (exact) mass is 283 g/mol. The second kappa shape index (κ2) is 6.73. The summed E-state index contributed by atoms with van der Waals surface area (Å²) in [5, 5.41) is 12.2. The number of pyridine rings is 1. The molecule has 2 rings (SSSR count). The van der Waals surface area contributed by atoms with Crippen LogP contribution in [-0.2, 0) is 0 Å². The molecule has 1 atom stereocenters. The zero-order chi connectivity index (χ0) is 15.2. The molecule has 2 aromatic rings. The zero-order valence-corrected chi connectivity index (χ0v) is 12.3. The Morgan fingerprint density at radius 1 is 1.29 bits per heavy atom. The lowest BCUT2D eigenvalue weighted by atomic mass is 10.1. The molecular weight excluding hydrogens is 266 g/mol. The first-order valence-electron chi connectivity index (χ1n) is 6.57. The van der Waals surface area contributed by atoms with Crippen LogP contribution in [-0.4, -0.2) is 19.1 Å². The fourth-order valence-electron chi connectivity index (χ4n) is 1.90. The van der Waals surface area contributed by atoms with Crippen molar-refractivity contribution in [2.45, 2.75) is 13.0 Å². The highest BCUT2D eigenvalue weighted by Crippen LogP contribution is 2.30. The molecule has 0 aliphatic heterocycles. The minimum atomic E-state index is 0.106. The van der Waals surface area contributed by atoms with Crippen LogP contribution in [0.15, 0.2) is 36.5 Å². The lowest BCUT2D eigenvalue weighted by molar-refractivity contribution is 0.405. The van der Waals surface area contributed by atoms with Crippen LogP contribution in [0.4, 0.5) is 0 Å². The first-order valence-corrected chi connectivity index (χ1v) is 6.57. The number of benzene rings is 1. The second-order valence-corrected chi connectivity index (χ2v) is 4.52. The van der Waals surface area contributed by atoms with Gasteiger partial charge in [0, 0.05) is 23.9 Å². The summed E-state index contributed by atoms with van der Waals surface area (Å²) >= 11 is 0. The molecule has 0 amide bonds. The molecule has 1 aromatic heterocycles. The average molecular weight is 283 g/mol. The average Bonchev–Trinajstić information content (AvgIpc) is 2.54. The van der Waals surface area contributed by atoms with Crippen molar-refractivity contribution in [3.8, 4) is 23.4 Å². The van der Waals surface area contributed by atoms with E-state index in [4.69, 9.17) is 14.7 Å². The third-order valence-electron chi connectivity index (χ3n) is 3.16. The van der Waals surface area contributed by atoms with Gasteiger partial charge in [0.15, 0.2) is 0 Å². The predicted octanol–water partition coefficient (Wildman–Crippen LogP) is 3.03. The van der Waals surface area contributed by atoms with Crippen molar-refractivity contribution in [1.82, 2.24) is 10.3 Å². The number of hydrogen-bond donors (Lipinski definition) is 1. The van der Waals surface area contributed by atoms with Gasteiger partial charge in [0.1, 0.15) is 11.5 Å². The van der Waals surface area contributed by atoms with Gasteiger partial charge >= 0.3 is 0 Å². The Morgan fingerprint density at radius 2 is 2.05 bits per heavy atom. The molecule has 0 saturated carbocycles. The van der Waals surface area contributed by atoms with Crippen molar-refractivity contribution in [2.24, 2.45) is 0 Å². The van der Waals surface area contributed by atoms with Crippen molar-refractivity contribution in [2.75, 3.05) is 14.2 Å². The van der Waals surface area contributed by atoms with Crippen molar-refractivity contribution in [1.29, 1.82) is 5.26 Å². The molecule has 0 bridgehead atoms. The Bertz CT molecular complexity index is 665. The number of methoxy groups -OCH3 is 1. The number of rotatable bonds is 5. The molecule has 1 heterocycles. The smallest absolute Gasteiger partial charge is 0.223 e. The highest BCUT2D eigenvalue weighted by Gasteiger charge is 2.12. The summed E-state index contributed by atoms with van der Waals surface area (Å²) in [5.41, 5.74) is 1.42. The molecule has 5 heteroatoms. The summed E-state index contributed by atoms with van der Waals surface area (Å²) in [6, 6.07) is 11.0. The van der Waals surface area contributed by atoms with E-state index in [9.17, 15) is 0 Å². The number of aromatic nitrogens is 1. The maximum absolute atomic E-state index is 9.04. The lowest BCUT2D eigenvalue weighted by Crippen LogP contribution is -2.13. The van der Waals surface area contributed by atoms with E-state index in [-0.39, 0.29) is 6.04 Å². The zero-order valence-electron chi connectivity index (χ0n) is 12.3. The van der Waals surface area contributed by atoms with E-state index in [1.165, 1.54) is 0 Å². The summed E-state index contributed by atoms with van der Waals surface area (Å²) in [5.74, 6) is 1.61. The van der Waals surface area contributed by atoms with Gasteiger partial charge in [-0.25, -0.2) is 4.98 Å². The summed E-state index contributed by atoms with van der Waals surface area (Å²) in [6.07, 6.45) is 1.67. The van der Waals surface area contributed by atoms with E-state index in [2.05, 4.69) is 16.4 Å². The third kappa shape index (κ3) is 3.50. The molecule has 0 aliphatic rings. The number of nitrogens with zero attached hydrogens (tertiary/aromatic N) is 2. The topological polar surface area (TPSA) is 67.2 Å². The fourth-order valence-corrected chi connectivity index (χ4v) is 1.90.